The van der Waals surface area contributed by atoms with Crippen molar-refractivity contribution >= 4 is 5.71 Å². The summed E-state index contributed by atoms with van der Waals surface area (Å²) in [6, 6.07) is 0. The molecule has 1 aliphatic carbocycles. The van der Waals surface area contributed by atoms with Crippen molar-refractivity contribution in [3.05, 3.63) is 11.9 Å². The monoisotopic (exact) mass is 155 g/mol. The maximum Gasteiger partial charge on any atom is 0.142 e. The van der Waals surface area contributed by atoms with Crippen LogP contribution in [0, 0.1) is 5.92 Å². The molecule has 0 saturated carbocycles. The van der Waals surface area contributed by atoms with Crippen LogP contribution >= 0.6 is 0 Å². The highest BCUT2D eigenvalue weighted by Crippen LogP contribution is 2.33. The molecular weight excluding hydrogens is 145 g/mol. The summed E-state index contributed by atoms with van der Waals surface area (Å²) in [6.45, 7) is 1.81. The minimum absolute atomic E-state index is 0.0278. The van der Waals surface area contributed by atoms with Gasteiger partial charge in [0.05, 0.1) is 11.6 Å². The molecule has 11 heavy (non-hydrogen) atoms. The van der Waals surface area contributed by atoms with E-state index in [9.17, 15) is 4.39 Å². The molecule has 0 spiro atoms. The highest BCUT2D eigenvalue weighted by molar-refractivity contribution is 5.87. The molecule has 2 atom stereocenters. The van der Waals surface area contributed by atoms with Crippen molar-refractivity contribution in [3.8, 4) is 0 Å². The Kier molecular flexibility index (Phi) is 1.44. The first-order valence-corrected chi connectivity index (χ1v) is 3.85. The van der Waals surface area contributed by atoms with Crippen LogP contribution in [0.4, 0.5) is 4.39 Å². The van der Waals surface area contributed by atoms with E-state index in [1.807, 2.05) is 6.92 Å². The number of nitrogens with zero attached hydrogens (tertiary/aromatic N) is 1. The second-order valence-corrected chi connectivity index (χ2v) is 3.02. The third kappa shape index (κ3) is 0.951. The first kappa shape index (κ1) is 6.83. The number of hydrogen-bond donors (Lipinski definition) is 0. The number of fused-ring (bicyclic) bond motifs is 1. The minimum Gasteiger partial charge on any atom is -0.391 e. The van der Waals surface area contributed by atoms with Gasteiger partial charge >= 0.3 is 0 Å². The Hall–Kier alpha value is -0.860. The van der Waals surface area contributed by atoms with Crippen molar-refractivity contribution in [2.75, 3.05) is 0 Å². The first-order valence-electron chi connectivity index (χ1n) is 3.85. The topological polar surface area (TPSA) is 21.6 Å². The lowest BCUT2D eigenvalue weighted by Crippen LogP contribution is -2.25. The van der Waals surface area contributed by atoms with Crippen molar-refractivity contribution < 1.29 is 9.23 Å². The van der Waals surface area contributed by atoms with E-state index in [0.717, 1.165) is 18.6 Å². The van der Waals surface area contributed by atoms with Crippen molar-refractivity contribution in [2.45, 2.75) is 25.9 Å². The minimum atomic E-state index is -0.177. The van der Waals surface area contributed by atoms with E-state index < -0.39 is 0 Å². The number of hydrogen-bond acceptors (Lipinski definition) is 2. The van der Waals surface area contributed by atoms with Gasteiger partial charge in [0, 0.05) is 0 Å². The van der Waals surface area contributed by atoms with Crippen LogP contribution in [0.25, 0.3) is 0 Å². The van der Waals surface area contributed by atoms with Crippen molar-refractivity contribution in [1.82, 2.24) is 0 Å². The Labute approximate surface area is 64.7 Å². The lowest BCUT2D eigenvalue weighted by atomic mass is 9.89. The van der Waals surface area contributed by atoms with Gasteiger partial charge in [0.1, 0.15) is 11.9 Å². The molecule has 0 radical (unpaired) electrons. The Morgan fingerprint density at radius 3 is 3.27 bits per heavy atom. The maximum atomic E-state index is 13.1. The van der Waals surface area contributed by atoms with Gasteiger partial charge < -0.3 is 4.84 Å². The number of halogens is 1. The van der Waals surface area contributed by atoms with Gasteiger partial charge in [-0.25, -0.2) is 4.39 Å². The Bertz CT molecular complexity index is 234. The molecule has 2 unspecified atom stereocenters. The van der Waals surface area contributed by atoms with Crippen molar-refractivity contribution in [1.29, 1.82) is 0 Å². The molecule has 0 saturated heterocycles. The Morgan fingerprint density at radius 1 is 1.73 bits per heavy atom. The molecule has 2 nitrogen and oxygen atoms in total. The summed E-state index contributed by atoms with van der Waals surface area (Å²) in [6.07, 6.45) is 3.27. The van der Waals surface area contributed by atoms with E-state index in [2.05, 4.69) is 5.16 Å². The highest BCUT2D eigenvalue weighted by Gasteiger charge is 2.36. The second kappa shape index (κ2) is 2.32. The third-order valence-electron chi connectivity index (χ3n) is 2.24. The molecule has 0 amide bonds. The van der Waals surface area contributed by atoms with Crippen LogP contribution in [-0.2, 0) is 4.84 Å². The molecule has 0 aromatic heterocycles. The molecule has 0 aromatic rings. The molecule has 0 N–H and O–H groups in total. The fourth-order valence-corrected chi connectivity index (χ4v) is 1.65. The van der Waals surface area contributed by atoms with E-state index in [0.29, 0.717) is 0 Å². The van der Waals surface area contributed by atoms with Gasteiger partial charge in [-0.3, -0.25) is 0 Å². The predicted molar refractivity (Wildman–Crippen MR) is 39.9 cm³/mol. The van der Waals surface area contributed by atoms with Gasteiger partial charge in [0.15, 0.2) is 0 Å². The zero-order valence-corrected chi connectivity index (χ0v) is 6.38. The molecule has 1 aliphatic heterocycles. The number of rotatable bonds is 0. The second-order valence-electron chi connectivity index (χ2n) is 3.02. The van der Waals surface area contributed by atoms with E-state index in [1.54, 1.807) is 6.08 Å². The summed E-state index contributed by atoms with van der Waals surface area (Å²) in [5.41, 5.74) is 0.767. The summed E-state index contributed by atoms with van der Waals surface area (Å²) in [5.74, 6) is -0.247. The standard InChI is InChI=1S/C8H10FNO/c1-5-8-6(9)3-2-4-7(8)11-10-5/h3,7-8H,2,4H2,1H3. The largest absolute Gasteiger partial charge is 0.391 e. The average Bonchev–Trinajstić information content (AvgIpc) is 2.34. The van der Waals surface area contributed by atoms with Gasteiger partial charge in [0.2, 0.25) is 0 Å². The predicted octanol–water partition coefficient (Wildman–Crippen LogP) is 2.02. The molecule has 0 aromatic carbocycles. The van der Waals surface area contributed by atoms with Gasteiger partial charge in [-0.1, -0.05) is 11.2 Å². The summed E-state index contributed by atoms with van der Waals surface area (Å²) < 4.78 is 13.1. The lowest BCUT2D eigenvalue weighted by Gasteiger charge is -2.19. The average molecular weight is 155 g/mol. The van der Waals surface area contributed by atoms with Gasteiger partial charge in [0.25, 0.3) is 0 Å². The summed E-state index contributed by atoms with van der Waals surface area (Å²) in [5, 5.41) is 3.77. The smallest absolute Gasteiger partial charge is 0.142 e. The van der Waals surface area contributed by atoms with Crippen molar-refractivity contribution in [2.24, 2.45) is 11.1 Å². The lowest BCUT2D eigenvalue weighted by molar-refractivity contribution is 0.0546. The first-order chi connectivity index (χ1) is 5.29. The fraction of sp³-hybridized carbons (Fsp3) is 0.625. The molecule has 60 valence electrons. The zero-order valence-electron chi connectivity index (χ0n) is 6.38. The van der Waals surface area contributed by atoms with Crippen LogP contribution < -0.4 is 0 Å². The normalized spacial score (nSPS) is 35.5. The van der Waals surface area contributed by atoms with Crippen LogP contribution in [-0.4, -0.2) is 11.8 Å². The summed E-state index contributed by atoms with van der Waals surface area (Å²) in [7, 11) is 0. The molecule has 1 heterocycles. The van der Waals surface area contributed by atoms with Crippen LogP contribution in [0.3, 0.4) is 0 Å². The fourth-order valence-electron chi connectivity index (χ4n) is 1.65. The van der Waals surface area contributed by atoms with Crippen molar-refractivity contribution in [3.63, 3.8) is 0 Å². The van der Waals surface area contributed by atoms with Crippen LogP contribution in [0.5, 0.6) is 0 Å². The SMILES string of the molecule is CC1=NOC2CCC=C(F)C12. The van der Waals surface area contributed by atoms with E-state index in [4.69, 9.17) is 4.84 Å². The van der Waals surface area contributed by atoms with Gasteiger partial charge in [-0.05, 0) is 19.8 Å². The van der Waals surface area contributed by atoms with Gasteiger partial charge in [-0.2, -0.15) is 0 Å². The molecule has 0 fully saturated rings. The third-order valence-corrected chi connectivity index (χ3v) is 2.24. The quantitative estimate of drug-likeness (QED) is 0.524. The van der Waals surface area contributed by atoms with E-state index >= 15 is 0 Å². The van der Waals surface area contributed by atoms with Crippen LogP contribution in [0.1, 0.15) is 19.8 Å². The van der Waals surface area contributed by atoms with E-state index in [1.165, 1.54) is 0 Å². The molecular formula is C8H10FNO. The Balaban J connectivity index is 2.27. The summed E-state index contributed by atoms with van der Waals surface area (Å²) >= 11 is 0. The maximum absolute atomic E-state index is 13.1. The summed E-state index contributed by atoms with van der Waals surface area (Å²) in [4.78, 5) is 5.05. The Morgan fingerprint density at radius 2 is 2.55 bits per heavy atom. The zero-order chi connectivity index (χ0) is 7.84. The number of oxime groups is 1. The van der Waals surface area contributed by atoms with Gasteiger partial charge in [-0.15, -0.1) is 0 Å². The van der Waals surface area contributed by atoms with Crippen LogP contribution in [0.15, 0.2) is 17.1 Å². The molecule has 3 heteroatoms. The number of allylic oxidation sites excluding steroid dienone is 1. The molecule has 0 bridgehead atoms. The van der Waals surface area contributed by atoms with Crippen LogP contribution in [0.2, 0.25) is 0 Å². The van der Waals surface area contributed by atoms with E-state index in [-0.39, 0.29) is 17.8 Å². The molecule has 2 aliphatic rings. The molecule has 2 rings (SSSR count). The highest BCUT2D eigenvalue weighted by atomic mass is 19.1.